The lowest BCUT2D eigenvalue weighted by atomic mass is 9.87. The molecule has 0 unspecified atom stereocenters. The van der Waals surface area contributed by atoms with E-state index in [4.69, 9.17) is 6.58 Å². The largest absolute Gasteiger partial charge is 0.387 e. The Hall–Kier alpha value is -6.12. The third-order valence-electron chi connectivity index (χ3n) is 9.89. The predicted molar refractivity (Wildman–Crippen MR) is 258 cm³/mol. The van der Waals surface area contributed by atoms with Crippen molar-refractivity contribution in [3.05, 3.63) is 253 Å². The fraction of sp³-hybridized carbons (Fsp3) is 0.214. The summed E-state index contributed by atoms with van der Waals surface area (Å²) >= 11 is 0. The minimum absolute atomic E-state index is 0.480. The van der Waals surface area contributed by atoms with Crippen LogP contribution in [0.2, 0.25) is 0 Å². The first-order chi connectivity index (χ1) is 28.5. The van der Waals surface area contributed by atoms with E-state index in [0.29, 0.717) is 12.5 Å². The van der Waals surface area contributed by atoms with E-state index in [1.807, 2.05) is 24.4 Å². The predicted octanol–water partition coefficient (Wildman–Crippen LogP) is 14.7. The van der Waals surface area contributed by atoms with Crippen LogP contribution in [-0.2, 0) is 6.42 Å². The quantitative estimate of drug-likeness (QED) is 0.0822. The van der Waals surface area contributed by atoms with E-state index >= 15 is 0 Å². The first-order valence-corrected chi connectivity index (χ1v) is 20.9. The molecule has 4 rings (SSSR count). The van der Waals surface area contributed by atoms with Gasteiger partial charge in [0.2, 0.25) is 0 Å². The lowest BCUT2D eigenvalue weighted by Crippen LogP contribution is -2.12. The first kappa shape index (κ1) is 44.6. The third kappa shape index (κ3) is 16.5. The molecule has 2 nitrogen and oxygen atoms in total. The highest BCUT2D eigenvalue weighted by atomic mass is 14.9. The molecule has 0 heterocycles. The van der Waals surface area contributed by atoms with Gasteiger partial charge in [0.25, 0.3) is 0 Å². The van der Waals surface area contributed by atoms with Crippen molar-refractivity contribution in [2.75, 3.05) is 18.4 Å². The van der Waals surface area contributed by atoms with Crippen LogP contribution >= 0.6 is 0 Å². The van der Waals surface area contributed by atoms with Gasteiger partial charge in [0.05, 0.1) is 0 Å². The maximum absolute atomic E-state index is 4.77. The van der Waals surface area contributed by atoms with Crippen molar-refractivity contribution in [3.8, 4) is 0 Å². The summed E-state index contributed by atoms with van der Waals surface area (Å²) in [7, 11) is 0. The average molecular weight is 765 g/mol. The van der Waals surface area contributed by atoms with E-state index < -0.39 is 0 Å². The smallest absolute Gasteiger partial charge is 0.0398 e. The Bertz CT molecular complexity index is 2060. The average Bonchev–Trinajstić information content (AvgIpc) is 3.78. The van der Waals surface area contributed by atoms with Crippen molar-refractivity contribution in [1.29, 1.82) is 0 Å². The minimum atomic E-state index is 0.480. The molecule has 2 N–H and O–H groups in total. The maximum atomic E-state index is 4.77. The van der Waals surface area contributed by atoms with Crippen LogP contribution in [0.25, 0.3) is 5.57 Å². The van der Waals surface area contributed by atoms with E-state index in [0.717, 1.165) is 68.3 Å². The lowest BCUT2D eigenvalue weighted by molar-refractivity contribution is 0.669. The summed E-state index contributed by atoms with van der Waals surface area (Å²) in [6, 6.07) is 19.4. The molecule has 58 heavy (non-hydrogen) atoms. The standard InChI is InChI=1S/C56H64N2/c1-6-9-11-21-41-57-45-53(51(8-3)35-22-25-46(4)26-24-42-58-54-36-23-32-50(44-54)31-14-10-7-2)43-47(5)55(39-37-49-29-19-20-30-49)56(52-33-17-13-18-34-52)40-38-48-27-15-12-16-28-48/h6,8-19,21-27,29-30,32-34,36,39-41,43-44,48,57-58H,1,4-5,7,20,28,31,35,37-38,42,45H2,2-3H3/b11-9-,14-10-,25-22+,26-24-,41-21-,51-8+,53-43+,55-39-,56-40-/t48-/m1/s1. The first-order valence-electron chi connectivity index (χ1n) is 20.9. The van der Waals surface area contributed by atoms with Crippen molar-refractivity contribution in [2.24, 2.45) is 5.92 Å². The molecule has 0 saturated carbocycles. The summed E-state index contributed by atoms with van der Waals surface area (Å²) < 4.78 is 0. The van der Waals surface area contributed by atoms with Gasteiger partial charge in [-0.3, -0.25) is 0 Å². The Balaban J connectivity index is 1.56. The summed E-state index contributed by atoms with van der Waals surface area (Å²) in [5, 5.41) is 7.04. The highest BCUT2D eigenvalue weighted by molar-refractivity contribution is 5.85. The van der Waals surface area contributed by atoms with Crippen molar-refractivity contribution in [1.82, 2.24) is 5.32 Å². The maximum Gasteiger partial charge on any atom is 0.0398 e. The zero-order valence-electron chi connectivity index (χ0n) is 35.0. The van der Waals surface area contributed by atoms with Gasteiger partial charge in [-0.25, -0.2) is 0 Å². The molecule has 0 bridgehead atoms. The van der Waals surface area contributed by atoms with Gasteiger partial charge in [-0.15, -0.1) is 0 Å². The van der Waals surface area contributed by atoms with Crippen LogP contribution in [0.5, 0.6) is 0 Å². The Labute approximate surface area is 351 Å². The number of rotatable bonds is 24. The van der Waals surface area contributed by atoms with Gasteiger partial charge in [-0.05, 0) is 138 Å². The number of hydrogen-bond acceptors (Lipinski definition) is 2. The van der Waals surface area contributed by atoms with Gasteiger partial charge >= 0.3 is 0 Å². The second-order valence-corrected chi connectivity index (χ2v) is 14.4. The summed E-state index contributed by atoms with van der Waals surface area (Å²) in [6.45, 7) is 18.5. The lowest BCUT2D eigenvalue weighted by Gasteiger charge is -2.19. The number of allylic oxidation sites excluding steroid dienone is 25. The van der Waals surface area contributed by atoms with E-state index in [-0.39, 0.29) is 0 Å². The highest BCUT2D eigenvalue weighted by Gasteiger charge is 2.15. The third-order valence-corrected chi connectivity index (χ3v) is 9.89. The zero-order valence-corrected chi connectivity index (χ0v) is 35.0. The molecule has 0 saturated heterocycles. The van der Waals surface area contributed by atoms with Gasteiger partial charge in [0.15, 0.2) is 0 Å². The van der Waals surface area contributed by atoms with Gasteiger partial charge in [0.1, 0.15) is 0 Å². The molecule has 0 amide bonds. The second-order valence-electron chi connectivity index (χ2n) is 14.4. The van der Waals surface area contributed by atoms with Crippen LogP contribution in [0, 0.1) is 5.92 Å². The van der Waals surface area contributed by atoms with Crippen molar-refractivity contribution in [2.45, 2.75) is 58.8 Å². The van der Waals surface area contributed by atoms with E-state index in [9.17, 15) is 0 Å². The fourth-order valence-corrected chi connectivity index (χ4v) is 6.76. The molecular weight excluding hydrogens is 701 g/mol. The summed E-state index contributed by atoms with van der Waals surface area (Å²) in [6.07, 6.45) is 54.3. The molecule has 0 fully saturated rings. The van der Waals surface area contributed by atoms with E-state index in [1.165, 1.54) is 39.0 Å². The molecule has 2 heteroatoms. The molecule has 2 aliphatic rings. The summed E-state index contributed by atoms with van der Waals surface area (Å²) in [5.74, 6) is 0.480. The molecule has 0 spiro atoms. The SMILES string of the molecule is C=C/C=C\C=C/NCC(=C\C(=C)C(=C/CC1=CCC=C1)/C(=C\C[C@@H]1C=CC=CC1)c1ccccc1)/C(=C/C)C/C=C/C(=C)/C=C\CNc1cccc(C/C=C\CC)c1. The molecule has 0 radical (unpaired) electrons. The van der Waals surface area contributed by atoms with Crippen molar-refractivity contribution < 1.29 is 0 Å². The van der Waals surface area contributed by atoms with E-state index in [1.54, 1.807) is 6.08 Å². The minimum Gasteiger partial charge on any atom is -0.387 e. The van der Waals surface area contributed by atoms with E-state index in [2.05, 4.69) is 196 Å². The second kappa shape index (κ2) is 26.7. The molecule has 2 aromatic carbocycles. The van der Waals surface area contributed by atoms with Crippen LogP contribution in [-0.4, -0.2) is 13.1 Å². The number of anilines is 1. The molecular formula is C56H64N2. The monoisotopic (exact) mass is 765 g/mol. The molecule has 0 aliphatic heterocycles. The Morgan fingerprint density at radius 1 is 0.862 bits per heavy atom. The highest BCUT2D eigenvalue weighted by Crippen LogP contribution is 2.33. The Kier molecular flexibility index (Phi) is 20.5. The van der Waals surface area contributed by atoms with Crippen LogP contribution in [0.4, 0.5) is 5.69 Å². The molecule has 1 atom stereocenters. The number of nitrogens with one attached hydrogen (secondary N) is 2. The van der Waals surface area contributed by atoms with Gasteiger partial charge in [-0.1, -0.05) is 185 Å². The van der Waals surface area contributed by atoms with Gasteiger partial charge in [-0.2, -0.15) is 0 Å². The summed E-state index contributed by atoms with van der Waals surface area (Å²) in [5.41, 5.74) is 11.8. The molecule has 298 valence electrons. The van der Waals surface area contributed by atoms with Crippen LogP contribution in [0.15, 0.2) is 242 Å². The van der Waals surface area contributed by atoms with Crippen molar-refractivity contribution >= 4 is 11.3 Å². The summed E-state index contributed by atoms with van der Waals surface area (Å²) in [4.78, 5) is 0. The molecule has 2 aromatic rings. The zero-order chi connectivity index (χ0) is 41.0. The normalized spacial score (nSPS) is 16.4. The van der Waals surface area contributed by atoms with Crippen molar-refractivity contribution in [3.63, 3.8) is 0 Å². The number of benzene rings is 2. The van der Waals surface area contributed by atoms with Gasteiger partial charge in [0, 0.05) is 18.8 Å². The Morgan fingerprint density at radius 2 is 1.72 bits per heavy atom. The van der Waals surface area contributed by atoms with Crippen LogP contribution in [0.3, 0.4) is 0 Å². The molecule has 0 aromatic heterocycles. The molecule has 2 aliphatic carbocycles. The fourth-order valence-electron chi connectivity index (χ4n) is 6.76. The van der Waals surface area contributed by atoms with Crippen LogP contribution in [0.1, 0.15) is 63.5 Å². The Morgan fingerprint density at radius 3 is 2.48 bits per heavy atom. The van der Waals surface area contributed by atoms with Gasteiger partial charge < -0.3 is 10.6 Å². The topological polar surface area (TPSA) is 24.1 Å². The van der Waals surface area contributed by atoms with Crippen LogP contribution < -0.4 is 10.6 Å². The number of hydrogen-bond donors (Lipinski definition) is 2.